The lowest BCUT2D eigenvalue weighted by molar-refractivity contribution is -0.123. The molecular weight excluding hydrogens is 422 g/mol. The molecule has 0 radical (unpaired) electrons. The number of amides is 1. The van der Waals surface area contributed by atoms with Crippen LogP contribution in [0.25, 0.3) is 0 Å². The molecule has 0 spiro atoms. The number of hydrogen-bond acceptors (Lipinski definition) is 7. The highest BCUT2D eigenvalue weighted by Gasteiger charge is 2.31. The van der Waals surface area contributed by atoms with Gasteiger partial charge in [0.1, 0.15) is 12.6 Å². The molecule has 0 saturated heterocycles. The second-order valence-electron chi connectivity index (χ2n) is 7.97. The van der Waals surface area contributed by atoms with Crippen molar-refractivity contribution in [2.45, 2.75) is 63.9 Å². The van der Waals surface area contributed by atoms with Crippen molar-refractivity contribution in [3.05, 3.63) is 40.4 Å². The molecule has 0 aromatic carbocycles. The summed E-state index contributed by atoms with van der Waals surface area (Å²) in [6, 6.07) is 1.91. The highest BCUT2D eigenvalue weighted by Crippen LogP contribution is 2.38. The van der Waals surface area contributed by atoms with Crippen molar-refractivity contribution in [1.82, 2.24) is 24.3 Å². The van der Waals surface area contributed by atoms with E-state index in [0.29, 0.717) is 30.7 Å². The van der Waals surface area contributed by atoms with Crippen molar-refractivity contribution in [2.24, 2.45) is 5.92 Å². The van der Waals surface area contributed by atoms with Gasteiger partial charge >= 0.3 is 0 Å². The van der Waals surface area contributed by atoms with E-state index in [1.807, 2.05) is 13.8 Å². The van der Waals surface area contributed by atoms with Crippen LogP contribution in [0.5, 0.6) is 0 Å². The van der Waals surface area contributed by atoms with E-state index in [2.05, 4.69) is 15.5 Å². The third kappa shape index (κ3) is 5.21. The first kappa shape index (κ1) is 23.1. The number of hydrogen-bond donors (Lipinski definition) is 1. The SMILES string of the molecule is CCN(CC)S(=O)(=O)c1ccc(=O)n(CC(=O)NC(c2nc(C3CC3)no2)C(C)C)c1. The molecule has 2 aromatic rings. The van der Waals surface area contributed by atoms with Gasteiger partial charge in [0, 0.05) is 31.3 Å². The lowest BCUT2D eigenvalue weighted by Crippen LogP contribution is -2.37. The Labute approximate surface area is 181 Å². The van der Waals surface area contributed by atoms with Gasteiger partial charge in [0.2, 0.25) is 21.8 Å². The van der Waals surface area contributed by atoms with Gasteiger partial charge < -0.3 is 14.4 Å². The lowest BCUT2D eigenvalue weighted by atomic mass is 10.0. The van der Waals surface area contributed by atoms with Crippen molar-refractivity contribution in [3.63, 3.8) is 0 Å². The Hall–Kier alpha value is -2.53. The van der Waals surface area contributed by atoms with Crippen LogP contribution in [0.2, 0.25) is 0 Å². The molecule has 1 unspecified atom stereocenters. The Morgan fingerprint density at radius 2 is 1.97 bits per heavy atom. The number of carbonyl (C=O) groups excluding carboxylic acids is 1. The van der Waals surface area contributed by atoms with E-state index in [0.717, 1.165) is 23.5 Å². The van der Waals surface area contributed by atoms with E-state index in [-0.39, 0.29) is 17.4 Å². The fraction of sp³-hybridized carbons (Fsp3) is 0.600. The van der Waals surface area contributed by atoms with E-state index >= 15 is 0 Å². The summed E-state index contributed by atoms with van der Waals surface area (Å²) in [4.78, 5) is 29.3. The maximum Gasteiger partial charge on any atom is 0.251 e. The summed E-state index contributed by atoms with van der Waals surface area (Å²) in [6.07, 6.45) is 3.28. The molecule has 0 bridgehead atoms. The normalized spacial score (nSPS) is 15.4. The Balaban J connectivity index is 1.77. The molecule has 1 aliphatic rings. The van der Waals surface area contributed by atoms with Crippen LogP contribution in [0.1, 0.15) is 64.2 Å². The van der Waals surface area contributed by atoms with Crippen molar-refractivity contribution >= 4 is 15.9 Å². The molecular formula is C20H29N5O5S. The summed E-state index contributed by atoms with van der Waals surface area (Å²) >= 11 is 0. The zero-order valence-electron chi connectivity index (χ0n) is 18.2. The quantitative estimate of drug-likeness (QED) is 0.582. The molecule has 31 heavy (non-hydrogen) atoms. The predicted octanol–water partition coefficient (Wildman–Crippen LogP) is 1.65. The summed E-state index contributed by atoms with van der Waals surface area (Å²) in [5, 5.41) is 6.82. The maximum atomic E-state index is 12.7. The Kier molecular flexibility index (Phi) is 6.95. The lowest BCUT2D eigenvalue weighted by Gasteiger charge is -2.20. The molecule has 1 fully saturated rings. The molecule has 2 aromatic heterocycles. The molecule has 10 nitrogen and oxygen atoms in total. The van der Waals surface area contributed by atoms with Crippen LogP contribution in [0.15, 0.2) is 32.5 Å². The van der Waals surface area contributed by atoms with Gasteiger partial charge in [-0.05, 0) is 24.8 Å². The van der Waals surface area contributed by atoms with Gasteiger partial charge in [0.25, 0.3) is 5.56 Å². The van der Waals surface area contributed by atoms with Gasteiger partial charge in [0.05, 0.1) is 4.90 Å². The fourth-order valence-corrected chi connectivity index (χ4v) is 4.74. The van der Waals surface area contributed by atoms with Gasteiger partial charge in [-0.15, -0.1) is 0 Å². The minimum atomic E-state index is -3.75. The first-order valence-corrected chi connectivity index (χ1v) is 11.9. The smallest absolute Gasteiger partial charge is 0.251 e. The van der Waals surface area contributed by atoms with Gasteiger partial charge in [-0.25, -0.2) is 8.42 Å². The van der Waals surface area contributed by atoms with Gasteiger partial charge in [-0.3, -0.25) is 9.59 Å². The molecule has 1 aliphatic carbocycles. The molecule has 0 aliphatic heterocycles. The van der Waals surface area contributed by atoms with Gasteiger partial charge in [-0.2, -0.15) is 9.29 Å². The number of nitrogens with one attached hydrogen (secondary N) is 1. The molecule has 3 rings (SSSR count). The van der Waals surface area contributed by atoms with Crippen molar-refractivity contribution in [1.29, 1.82) is 0 Å². The Morgan fingerprint density at radius 1 is 1.29 bits per heavy atom. The van der Waals surface area contributed by atoms with E-state index in [4.69, 9.17) is 4.52 Å². The minimum Gasteiger partial charge on any atom is -0.342 e. The first-order valence-electron chi connectivity index (χ1n) is 10.5. The summed E-state index contributed by atoms with van der Waals surface area (Å²) in [5.41, 5.74) is -0.469. The van der Waals surface area contributed by atoms with E-state index < -0.39 is 27.5 Å². The van der Waals surface area contributed by atoms with Gasteiger partial charge in [0.15, 0.2) is 5.82 Å². The van der Waals surface area contributed by atoms with E-state index in [9.17, 15) is 18.0 Å². The zero-order valence-corrected chi connectivity index (χ0v) is 19.1. The number of sulfonamides is 1. The molecule has 1 amide bonds. The van der Waals surface area contributed by atoms with E-state index in [1.54, 1.807) is 13.8 Å². The maximum absolute atomic E-state index is 12.7. The zero-order chi connectivity index (χ0) is 22.8. The van der Waals surface area contributed by atoms with Crippen LogP contribution in [-0.4, -0.2) is 46.4 Å². The van der Waals surface area contributed by atoms with Gasteiger partial charge in [-0.1, -0.05) is 32.9 Å². The molecule has 170 valence electrons. The fourth-order valence-electron chi connectivity index (χ4n) is 3.27. The summed E-state index contributed by atoms with van der Waals surface area (Å²) in [7, 11) is -3.75. The average Bonchev–Trinajstić information content (AvgIpc) is 3.45. The largest absolute Gasteiger partial charge is 0.342 e. The monoisotopic (exact) mass is 451 g/mol. The third-order valence-corrected chi connectivity index (χ3v) is 7.30. The first-order chi connectivity index (χ1) is 14.7. The predicted molar refractivity (Wildman–Crippen MR) is 113 cm³/mol. The van der Waals surface area contributed by atoms with E-state index in [1.165, 1.54) is 16.6 Å². The van der Waals surface area contributed by atoms with Crippen LogP contribution >= 0.6 is 0 Å². The molecule has 11 heteroatoms. The number of aromatic nitrogens is 3. The van der Waals surface area contributed by atoms with Crippen molar-refractivity contribution in [2.75, 3.05) is 13.1 Å². The van der Waals surface area contributed by atoms with Crippen LogP contribution in [0.3, 0.4) is 0 Å². The third-order valence-electron chi connectivity index (χ3n) is 5.26. The highest BCUT2D eigenvalue weighted by atomic mass is 32.2. The molecule has 2 heterocycles. The Bertz CT molecular complexity index is 1080. The Morgan fingerprint density at radius 3 is 2.55 bits per heavy atom. The van der Waals surface area contributed by atoms with Crippen LogP contribution < -0.4 is 10.9 Å². The summed E-state index contributed by atoms with van der Waals surface area (Å²) in [6.45, 7) is 7.59. The topological polar surface area (TPSA) is 127 Å². The van der Waals surface area contributed by atoms with Crippen LogP contribution in [-0.2, 0) is 21.4 Å². The van der Waals surface area contributed by atoms with Crippen molar-refractivity contribution in [3.8, 4) is 0 Å². The molecule has 1 saturated carbocycles. The number of rotatable bonds is 10. The number of carbonyl (C=O) groups is 1. The standard InChI is InChI=1S/C20H29N5O5S/c1-5-25(6-2)31(28,29)15-9-10-17(27)24(11-15)12-16(26)21-18(13(3)4)20-22-19(23-30-20)14-7-8-14/h9-11,13-14,18H,5-8,12H2,1-4H3,(H,21,26). The minimum absolute atomic E-state index is 0.0254. The molecule has 1 N–H and O–H groups in total. The summed E-state index contributed by atoms with van der Waals surface area (Å²) < 4.78 is 33.2. The van der Waals surface area contributed by atoms with Crippen LogP contribution in [0.4, 0.5) is 0 Å². The second-order valence-corrected chi connectivity index (χ2v) is 9.91. The average molecular weight is 452 g/mol. The summed E-state index contributed by atoms with van der Waals surface area (Å²) in [5.74, 6) is 0.831. The number of pyridine rings is 1. The van der Waals surface area contributed by atoms with Crippen molar-refractivity contribution < 1.29 is 17.7 Å². The second kappa shape index (κ2) is 9.31. The van der Waals surface area contributed by atoms with Crippen LogP contribution in [0, 0.1) is 5.92 Å². The molecule has 1 atom stereocenters. The highest BCUT2D eigenvalue weighted by molar-refractivity contribution is 7.89. The number of nitrogens with zero attached hydrogens (tertiary/aromatic N) is 4.